The number of hydrogen-bond acceptors (Lipinski definition) is 8. The summed E-state index contributed by atoms with van der Waals surface area (Å²) >= 11 is 0. The van der Waals surface area contributed by atoms with E-state index in [4.69, 9.17) is 28.4 Å². The molecule has 0 aliphatic rings. The molecule has 0 aromatic heterocycles. The SMILES string of the molecule is COc1ccc(COC(=O)CC(=O)OCc2ccc(OC)cc2OC)c(OC)c1. The van der Waals surface area contributed by atoms with Crippen molar-refractivity contribution in [1.29, 1.82) is 0 Å². The van der Waals surface area contributed by atoms with Gasteiger partial charge in [0.2, 0.25) is 0 Å². The summed E-state index contributed by atoms with van der Waals surface area (Å²) in [5.41, 5.74) is 1.30. The van der Waals surface area contributed by atoms with Crippen LogP contribution in [-0.4, -0.2) is 40.4 Å². The summed E-state index contributed by atoms with van der Waals surface area (Å²) < 4.78 is 31.0. The highest BCUT2D eigenvalue weighted by Gasteiger charge is 2.15. The highest BCUT2D eigenvalue weighted by atomic mass is 16.6. The van der Waals surface area contributed by atoms with Crippen LogP contribution in [0.15, 0.2) is 36.4 Å². The number of ether oxygens (including phenoxy) is 6. The zero-order chi connectivity index (χ0) is 21.2. The normalized spacial score (nSPS) is 10.1. The van der Waals surface area contributed by atoms with Crippen LogP contribution in [0, 0.1) is 0 Å². The fraction of sp³-hybridized carbons (Fsp3) is 0.333. The quantitative estimate of drug-likeness (QED) is 0.441. The maximum absolute atomic E-state index is 11.9. The number of carbonyl (C=O) groups is 2. The van der Waals surface area contributed by atoms with Crippen molar-refractivity contribution in [3.05, 3.63) is 47.5 Å². The Kier molecular flexibility index (Phi) is 8.14. The maximum Gasteiger partial charge on any atom is 0.317 e. The lowest BCUT2D eigenvalue weighted by atomic mass is 10.2. The van der Waals surface area contributed by atoms with Crippen molar-refractivity contribution in [3.63, 3.8) is 0 Å². The molecular weight excluding hydrogens is 380 g/mol. The van der Waals surface area contributed by atoms with Crippen LogP contribution in [-0.2, 0) is 32.3 Å². The highest BCUT2D eigenvalue weighted by molar-refractivity contribution is 5.91. The van der Waals surface area contributed by atoms with Gasteiger partial charge in [-0.2, -0.15) is 0 Å². The molecule has 0 amide bonds. The molecule has 8 nitrogen and oxygen atoms in total. The Morgan fingerprint density at radius 2 is 1.07 bits per heavy atom. The van der Waals surface area contributed by atoms with E-state index in [0.29, 0.717) is 34.1 Å². The Labute approximate surface area is 169 Å². The summed E-state index contributed by atoms with van der Waals surface area (Å²) in [6.07, 6.45) is -0.503. The molecule has 0 N–H and O–H groups in total. The van der Waals surface area contributed by atoms with Gasteiger partial charge >= 0.3 is 11.9 Å². The summed E-state index contributed by atoms with van der Waals surface area (Å²) in [4.78, 5) is 23.9. The Balaban J connectivity index is 1.85. The number of methoxy groups -OCH3 is 4. The Morgan fingerprint density at radius 3 is 1.41 bits per heavy atom. The summed E-state index contributed by atoms with van der Waals surface area (Å²) in [5.74, 6) is 0.880. The Morgan fingerprint density at radius 1 is 0.655 bits per heavy atom. The molecule has 0 saturated heterocycles. The lowest BCUT2D eigenvalue weighted by Gasteiger charge is -2.12. The van der Waals surface area contributed by atoms with Crippen molar-refractivity contribution in [2.45, 2.75) is 19.6 Å². The second-order valence-electron chi connectivity index (χ2n) is 5.85. The zero-order valence-corrected chi connectivity index (χ0v) is 16.9. The first-order valence-electron chi connectivity index (χ1n) is 8.73. The molecule has 0 radical (unpaired) electrons. The van der Waals surface area contributed by atoms with Crippen molar-refractivity contribution in [3.8, 4) is 23.0 Å². The molecule has 0 heterocycles. The molecule has 0 fully saturated rings. The van der Waals surface area contributed by atoms with Crippen LogP contribution < -0.4 is 18.9 Å². The number of carbonyl (C=O) groups excluding carboxylic acids is 2. The van der Waals surface area contributed by atoms with E-state index in [1.165, 1.54) is 14.2 Å². The van der Waals surface area contributed by atoms with E-state index in [1.807, 2.05) is 0 Å². The molecule has 0 spiro atoms. The fourth-order valence-corrected chi connectivity index (χ4v) is 2.48. The van der Waals surface area contributed by atoms with Crippen LogP contribution in [0.2, 0.25) is 0 Å². The van der Waals surface area contributed by atoms with Gasteiger partial charge < -0.3 is 28.4 Å². The van der Waals surface area contributed by atoms with E-state index in [9.17, 15) is 9.59 Å². The third-order valence-electron chi connectivity index (χ3n) is 4.05. The van der Waals surface area contributed by atoms with Gasteiger partial charge in [-0.15, -0.1) is 0 Å². The minimum Gasteiger partial charge on any atom is -0.497 e. The van der Waals surface area contributed by atoms with Crippen LogP contribution >= 0.6 is 0 Å². The van der Waals surface area contributed by atoms with Crippen LogP contribution in [0.3, 0.4) is 0 Å². The smallest absolute Gasteiger partial charge is 0.317 e. The maximum atomic E-state index is 11.9. The topological polar surface area (TPSA) is 89.5 Å². The van der Waals surface area contributed by atoms with E-state index < -0.39 is 18.4 Å². The molecule has 8 heteroatoms. The zero-order valence-electron chi connectivity index (χ0n) is 16.9. The second kappa shape index (κ2) is 10.8. The van der Waals surface area contributed by atoms with Crippen LogP contribution in [0.4, 0.5) is 0 Å². The molecule has 2 rings (SSSR count). The number of hydrogen-bond donors (Lipinski definition) is 0. The summed E-state index contributed by atoms with van der Waals surface area (Å²) in [6, 6.07) is 10.3. The third-order valence-corrected chi connectivity index (χ3v) is 4.05. The molecule has 2 aromatic rings. The lowest BCUT2D eigenvalue weighted by Crippen LogP contribution is -2.14. The molecule has 0 aliphatic carbocycles. The van der Waals surface area contributed by atoms with Crippen LogP contribution in [0.5, 0.6) is 23.0 Å². The molecule has 29 heavy (non-hydrogen) atoms. The average molecular weight is 404 g/mol. The first-order chi connectivity index (χ1) is 14.0. The van der Waals surface area contributed by atoms with Gasteiger partial charge in [-0.05, 0) is 24.3 Å². The average Bonchev–Trinajstić information content (AvgIpc) is 2.75. The summed E-state index contributed by atoms with van der Waals surface area (Å²) in [5, 5.41) is 0. The predicted octanol–water partition coefficient (Wildman–Crippen LogP) is 2.90. The highest BCUT2D eigenvalue weighted by Crippen LogP contribution is 2.26. The molecule has 156 valence electrons. The van der Waals surface area contributed by atoms with Crippen molar-refractivity contribution in [2.24, 2.45) is 0 Å². The largest absolute Gasteiger partial charge is 0.497 e. The minimum absolute atomic E-state index is 0.0361. The monoisotopic (exact) mass is 404 g/mol. The van der Waals surface area contributed by atoms with Crippen molar-refractivity contribution in [2.75, 3.05) is 28.4 Å². The van der Waals surface area contributed by atoms with Gasteiger partial charge in [-0.25, -0.2) is 0 Å². The predicted molar refractivity (Wildman–Crippen MR) is 103 cm³/mol. The van der Waals surface area contributed by atoms with Crippen molar-refractivity contribution in [1.82, 2.24) is 0 Å². The van der Waals surface area contributed by atoms with Crippen LogP contribution in [0.25, 0.3) is 0 Å². The molecule has 0 bridgehead atoms. The van der Waals surface area contributed by atoms with Crippen LogP contribution in [0.1, 0.15) is 17.5 Å². The number of benzene rings is 2. The minimum atomic E-state index is -0.699. The van der Waals surface area contributed by atoms with E-state index in [-0.39, 0.29) is 13.2 Å². The third kappa shape index (κ3) is 6.31. The van der Waals surface area contributed by atoms with Gasteiger partial charge in [0.15, 0.2) is 0 Å². The molecule has 0 unspecified atom stereocenters. The Bertz CT molecular complexity index is 777. The van der Waals surface area contributed by atoms with Gasteiger partial charge in [-0.1, -0.05) is 0 Å². The number of esters is 2. The van der Waals surface area contributed by atoms with E-state index in [0.717, 1.165) is 0 Å². The van der Waals surface area contributed by atoms with Gasteiger partial charge in [0.1, 0.15) is 42.6 Å². The standard InChI is InChI=1S/C21H24O8/c1-24-16-7-5-14(18(9-16)26-3)12-28-20(22)11-21(23)29-13-15-6-8-17(25-2)10-19(15)27-4/h5-10H,11-13H2,1-4H3. The van der Waals surface area contributed by atoms with Crippen molar-refractivity contribution < 1.29 is 38.0 Å². The van der Waals surface area contributed by atoms with E-state index in [1.54, 1.807) is 50.6 Å². The molecule has 0 atom stereocenters. The molecule has 0 aliphatic heterocycles. The number of rotatable bonds is 10. The second-order valence-corrected chi connectivity index (χ2v) is 5.85. The van der Waals surface area contributed by atoms with Gasteiger partial charge in [-0.3, -0.25) is 9.59 Å². The van der Waals surface area contributed by atoms with Crippen molar-refractivity contribution >= 4 is 11.9 Å². The summed E-state index contributed by atoms with van der Waals surface area (Å²) in [7, 11) is 6.10. The van der Waals surface area contributed by atoms with Gasteiger partial charge in [0.05, 0.1) is 28.4 Å². The fourth-order valence-electron chi connectivity index (χ4n) is 2.48. The Hall–Kier alpha value is -3.42. The van der Waals surface area contributed by atoms with E-state index >= 15 is 0 Å². The van der Waals surface area contributed by atoms with E-state index in [2.05, 4.69) is 0 Å². The summed E-state index contributed by atoms with van der Waals surface area (Å²) in [6.45, 7) is -0.0723. The lowest BCUT2D eigenvalue weighted by molar-refractivity contribution is -0.156. The molecular formula is C21H24O8. The van der Waals surface area contributed by atoms with Gasteiger partial charge in [0, 0.05) is 23.3 Å². The van der Waals surface area contributed by atoms with Gasteiger partial charge in [0.25, 0.3) is 0 Å². The first kappa shape index (κ1) is 21.9. The molecule has 2 aromatic carbocycles. The molecule has 0 saturated carbocycles. The first-order valence-corrected chi connectivity index (χ1v) is 8.73.